The van der Waals surface area contributed by atoms with E-state index in [1.807, 2.05) is 26.0 Å². The molecule has 0 aliphatic carbocycles. The lowest BCUT2D eigenvalue weighted by Gasteiger charge is -2.18. The molecule has 0 aliphatic heterocycles. The van der Waals surface area contributed by atoms with Crippen molar-refractivity contribution in [1.29, 1.82) is 0 Å². The largest absolute Gasteiger partial charge is 0.457 e. The molecule has 0 spiro atoms. The third-order valence-corrected chi connectivity index (χ3v) is 3.55. The molecule has 0 fully saturated rings. The van der Waals surface area contributed by atoms with Crippen LogP contribution in [0.2, 0.25) is 0 Å². The number of hydrogen-bond acceptors (Lipinski definition) is 4. The predicted molar refractivity (Wildman–Crippen MR) is 101 cm³/mol. The summed E-state index contributed by atoms with van der Waals surface area (Å²) in [6, 6.07) is 10.2. The number of nitrogens with two attached hydrogens (primary N) is 1. The van der Waals surface area contributed by atoms with Crippen LogP contribution < -0.4 is 15.8 Å². The van der Waals surface area contributed by atoms with Crippen LogP contribution in [0.15, 0.2) is 48.8 Å². The van der Waals surface area contributed by atoms with Gasteiger partial charge in [-0.15, -0.1) is 24.8 Å². The lowest BCUT2D eigenvalue weighted by atomic mass is 9.99. The molecule has 5 nitrogen and oxygen atoms in total. The van der Waals surface area contributed by atoms with Gasteiger partial charge in [-0.25, -0.2) is 0 Å². The first-order valence-electron chi connectivity index (χ1n) is 7.34. The molecule has 1 aromatic heterocycles. The van der Waals surface area contributed by atoms with Crippen LogP contribution in [0.5, 0.6) is 11.5 Å². The highest BCUT2D eigenvalue weighted by atomic mass is 35.5. The number of pyridine rings is 1. The van der Waals surface area contributed by atoms with Crippen molar-refractivity contribution in [1.82, 2.24) is 4.98 Å². The van der Waals surface area contributed by atoms with Crippen molar-refractivity contribution in [2.24, 2.45) is 11.7 Å². The number of hydrogen-bond donors (Lipinski definition) is 2. The second-order valence-electron chi connectivity index (χ2n) is 5.21. The number of halogens is 2. The van der Waals surface area contributed by atoms with E-state index < -0.39 is 6.04 Å². The lowest BCUT2D eigenvalue weighted by molar-refractivity contribution is -0.118. The highest BCUT2D eigenvalue weighted by Gasteiger charge is 2.19. The minimum Gasteiger partial charge on any atom is -0.457 e. The molecule has 0 radical (unpaired) electrons. The number of amides is 1. The van der Waals surface area contributed by atoms with Crippen molar-refractivity contribution in [2.75, 3.05) is 5.32 Å². The van der Waals surface area contributed by atoms with Gasteiger partial charge >= 0.3 is 0 Å². The molecule has 0 saturated carbocycles. The number of anilines is 1. The van der Waals surface area contributed by atoms with Crippen molar-refractivity contribution >= 4 is 36.4 Å². The monoisotopic (exact) mass is 371 g/mol. The molecular formula is C17H23Cl2N3O2. The number of nitrogens with one attached hydrogen (secondary N) is 1. The summed E-state index contributed by atoms with van der Waals surface area (Å²) < 4.78 is 5.71. The van der Waals surface area contributed by atoms with E-state index in [4.69, 9.17) is 10.5 Å². The predicted octanol–water partition coefficient (Wildman–Crippen LogP) is 4.03. The number of carbonyl (C=O) groups is 1. The summed E-state index contributed by atoms with van der Waals surface area (Å²) >= 11 is 0. The van der Waals surface area contributed by atoms with Crippen LogP contribution in [0.3, 0.4) is 0 Å². The fourth-order valence-electron chi connectivity index (χ4n) is 1.92. The first-order chi connectivity index (χ1) is 10.6. The zero-order chi connectivity index (χ0) is 15.9. The summed E-state index contributed by atoms with van der Waals surface area (Å²) in [6.07, 6.45) is 4.18. The van der Waals surface area contributed by atoms with Gasteiger partial charge in [-0.1, -0.05) is 26.3 Å². The molecule has 1 heterocycles. The van der Waals surface area contributed by atoms with Gasteiger partial charge < -0.3 is 15.8 Å². The number of aromatic nitrogens is 1. The maximum absolute atomic E-state index is 12.1. The average Bonchev–Trinajstić information content (AvgIpc) is 2.54. The smallest absolute Gasteiger partial charge is 0.241 e. The van der Waals surface area contributed by atoms with Crippen LogP contribution in [0, 0.1) is 5.92 Å². The Morgan fingerprint density at radius 2 is 1.88 bits per heavy atom. The highest BCUT2D eigenvalue weighted by Crippen LogP contribution is 2.23. The molecule has 3 N–H and O–H groups in total. The van der Waals surface area contributed by atoms with E-state index >= 15 is 0 Å². The van der Waals surface area contributed by atoms with E-state index in [1.54, 1.807) is 36.7 Å². The summed E-state index contributed by atoms with van der Waals surface area (Å²) in [7, 11) is 0. The average molecular weight is 372 g/mol. The highest BCUT2D eigenvalue weighted by molar-refractivity contribution is 5.95. The molecular weight excluding hydrogens is 349 g/mol. The number of carbonyl (C=O) groups excluding carboxylic acids is 1. The molecule has 24 heavy (non-hydrogen) atoms. The van der Waals surface area contributed by atoms with Gasteiger partial charge in [-0.05, 0) is 30.2 Å². The second-order valence-corrected chi connectivity index (χ2v) is 5.21. The minimum atomic E-state index is -0.519. The molecule has 0 saturated heterocycles. The molecule has 0 bridgehead atoms. The van der Waals surface area contributed by atoms with Gasteiger partial charge in [0.25, 0.3) is 0 Å². The van der Waals surface area contributed by atoms with Gasteiger partial charge in [0.05, 0.1) is 6.04 Å². The Morgan fingerprint density at radius 1 is 1.21 bits per heavy atom. The van der Waals surface area contributed by atoms with Gasteiger partial charge in [0, 0.05) is 24.1 Å². The number of nitrogens with zero attached hydrogens (tertiary/aromatic N) is 1. The van der Waals surface area contributed by atoms with E-state index in [2.05, 4.69) is 10.3 Å². The Labute approximate surface area is 154 Å². The van der Waals surface area contributed by atoms with Crippen LogP contribution >= 0.6 is 24.8 Å². The molecule has 2 rings (SSSR count). The maximum atomic E-state index is 12.1. The van der Waals surface area contributed by atoms with Crippen molar-refractivity contribution in [3.8, 4) is 11.5 Å². The minimum absolute atomic E-state index is 0. The second kappa shape index (κ2) is 10.9. The summed E-state index contributed by atoms with van der Waals surface area (Å²) in [6.45, 7) is 3.98. The number of rotatable bonds is 6. The third-order valence-electron chi connectivity index (χ3n) is 3.55. The quantitative estimate of drug-likeness (QED) is 0.803. The van der Waals surface area contributed by atoms with E-state index in [0.29, 0.717) is 17.2 Å². The molecule has 2 atom stereocenters. The molecule has 0 aliphatic rings. The molecule has 7 heteroatoms. The van der Waals surface area contributed by atoms with Gasteiger partial charge in [0.1, 0.15) is 11.5 Å². The Morgan fingerprint density at radius 3 is 2.50 bits per heavy atom. The SMILES string of the molecule is CCC(C)C(N)C(=O)Nc1cccc(Oc2ccncc2)c1.Cl.Cl. The van der Waals surface area contributed by atoms with Crippen molar-refractivity contribution in [3.05, 3.63) is 48.8 Å². The molecule has 2 aromatic rings. The van der Waals surface area contributed by atoms with E-state index in [0.717, 1.165) is 6.42 Å². The van der Waals surface area contributed by atoms with Crippen LogP contribution in [-0.2, 0) is 4.79 Å². The van der Waals surface area contributed by atoms with E-state index in [-0.39, 0.29) is 36.6 Å². The Hall–Kier alpha value is -1.82. The van der Waals surface area contributed by atoms with Crippen LogP contribution in [0.25, 0.3) is 0 Å². The topological polar surface area (TPSA) is 77.2 Å². The molecule has 132 valence electrons. The van der Waals surface area contributed by atoms with Gasteiger partial charge in [0.2, 0.25) is 5.91 Å². The van der Waals surface area contributed by atoms with Gasteiger partial charge in [-0.3, -0.25) is 9.78 Å². The fourth-order valence-corrected chi connectivity index (χ4v) is 1.92. The first kappa shape index (κ1) is 22.2. The molecule has 1 amide bonds. The normalized spacial score (nSPS) is 12.1. The Kier molecular flexibility index (Phi) is 10.0. The van der Waals surface area contributed by atoms with Crippen molar-refractivity contribution < 1.29 is 9.53 Å². The standard InChI is InChI=1S/C17H21N3O2.2ClH/c1-3-12(2)16(18)17(21)20-13-5-4-6-15(11-13)22-14-7-9-19-10-8-14;;/h4-12,16H,3,18H2,1-2H3,(H,20,21);2*1H. The zero-order valence-corrected chi connectivity index (χ0v) is 15.3. The number of ether oxygens (including phenoxy) is 1. The summed E-state index contributed by atoms with van der Waals surface area (Å²) in [5, 5.41) is 2.83. The maximum Gasteiger partial charge on any atom is 0.241 e. The molecule has 1 aromatic carbocycles. The summed E-state index contributed by atoms with van der Waals surface area (Å²) in [5.41, 5.74) is 6.59. The van der Waals surface area contributed by atoms with Crippen LogP contribution in [0.4, 0.5) is 5.69 Å². The van der Waals surface area contributed by atoms with Crippen LogP contribution in [-0.4, -0.2) is 16.9 Å². The van der Waals surface area contributed by atoms with E-state index in [1.165, 1.54) is 0 Å². The lowest BCUT2D eigenvalue weighted by Crippen LogP contribution is -2.40. The summed E-state index contributed by atoms with van der Waals surface area (Å²) in [4.78, 5) is 16.0. The number of benzene rings is 1. The van der Waals surface area contributed by atoms with Gasteiger partial charge in [-0.2, -0.15) is 0 Å². The Bertz CT molecular complexity index is 626. The zero-order valence-electron chi connectivity index (χ0n) is 13.6. The molecule has 2 unspecified atom stereocenters. The van der Waals surface area contributed by atoms with Crippen LogP contribution in [0.1, 0.15) is 20.3 Å². The summed E-state index contributed by atoms with van der Waals surface area (Å²) in [5.74, 6) is 1.28. The third kappa shape index (κ3) is 6.35. The van der Waals surface area contributed by atoms with Gasteiger partial charge in [0.15, 0.2) is 0 Å². The Balaban J connectivity index is 0.00000264. The first-order valence-corrected chi connectivity index (χ1v) is 7.34. The van der Waals surface area contributed by atoms with E-state index in [9.17, 15) is 4.79 Å². The van der Waals surface area contributed by atoms with Crippen molar-refractivity contribution in [2.45, 2.75) is 26.3 Å². The fraction of sp³-hybridized carbons (Fsp3) is 0.294. The van der Waals surface area contributed by atoms with Crippen molar-refractivity contribution in [3.63, 3.8) is 0 Å².